The van der Waals surface area contributed by atoms with Gasteiger partial charge >= 0.3 is 0 Å². The summed E-state index contributed by atoms with van der Waals surface area (Å²) in [5.41, 5.74) is 2.27. The van der Waals surface area contributed by atoms with Crippen molar-refractivity contribution >= 4 is 12.0 Å². The first-order valence-electron chi connectivity index (χ1n) is 8.87. The van der Waals surface area contributed by atoms with Crippen LogP contribution in [0.1, 0.15) is 24.5 Å². The molecule has 130 valence electrons. The number of carbonyl (C=O) groups excluding carboxylic acids is 1. The van der Waals surface area contributed by atoms with Gasteiger partial charge in [-0.1, -0.05) is 36.4 Å². The van der Waals surface area contributed by atoms with Crippen molar-refractivity contribution in [2.75, 3.05) is 19.6 Å². The largest absolute Gasteiger partial charge is 0.338 e. The molecule has 1 atom stereocenters. The van der Waals surface area contributed by atoms with Crippen LogP contribution in [0.3, 0.4) is 0 Å². The Morgan fingerprint density at radius 3 is 2.76 bits per heavy atom. The van der Waals surface area contributed by atoms with E-state index in [1.807, 2.05) is 29.2 Å². The highest BCUT2D eigenvalue weighted by Gasteiger charge is 2.22. The van der Waals surface area contributed by atoms with Crippen molar-refractivity contribution in [2.24, 2.45) is 0 Å². The van der Waals surface area contributed by atoms with Crippen molar-refractivity contribution in [3.8, 4) is 0 Å². The minimum Gasteiger partial charge on any atom is -0.338 e. The van der Waals surface area contributed by atoms with Gasteiger partial charge in [0, 0.05) is 50.7 Å². The van der Waals surface area contributed by atoms with Crippen LogP contribution in [-0.2, 0) is 11.3 Å². The molecule has 2 heterocycles. The molecule has 1 aromatic heterocycles. The van der Waals surface area contributed by atoms with Gasteiger partial charge in [-0.3, -0.25) is 14.7 Å². The molecule has 0 N–H and O–H groups in total. The lowest BCUT2D eigenvalue weighted by Gasteiger charge is -2.26. The van der Waals surface area contributed by atoms with Crippen molar-refractivity contribution in [2.45, 2.75) is 25.9 Å². The summed E-state index contributed by atoms with van der Waals surface area (Å²) in [6.07, 6.45) is 7.99. The predicted molar refractivity (Wildman–Crippen MR) is 101 cm³/mol. The minimum absolute atomic E-state index is 0.0811. The van der Waals surface area contributed by atoms with Crippen molar-refractivity contribution in [1.29, 1.82) is 0 Å². The molecule has 1 amide bonds. The van der Waals surface area contributed by atoms with Crippen molar-refractivity contribution in [3.63, 3.8) is 0 Å². The number of hydrogen-bond acceptors (Lipinski definition) is 3. The van der Waals surface area contributed by atoms with Gasteiger partial charge < -0.3 is 4.90 Å². The Hall–Kier alpha value is -2.46. The van der Waals surface area contributed by atoms with E-state index in [0.29, 0.717) is 6.04 Å². The van der Waals surface area contributed by atoms with Gasteiger partial charge in [-0.05, 0) is 36.6 Å². The summed E-state index contributed by atoms with van der Waals surface area (Å²) in [6, 6.07) is 14.8. The first kappa shape index (κ1) is 17.4. The summed E-state index contributed by atoms with van der Waals surface area (Å²) in [4.78, 5) is 21.0. The van der Waals surface area contributed by atoms with Gasteiger partial charge in [-0.15, -0.1) is 0 Å². The van der Waals surface area contributed by atoms with Gasteiger partial charge in [0.2, 0.25) is 5.91 Å². The average Bonchev–Trinajstić information content (AvgIpc) is 2.84. The Morgan fingerprint density at radius 1 is 1.16 bits per heavy atom. The van der Waals surface area contributed by atoms with E-state index in [9.17, 15) is 4.79 Å². The molecule has 1 aromatic carbocycles. The number of aromatic nitrogens is 1. The fraction of sp³-hybridized carbons (Fsp3) is 0.333. The molecule has 2 aromatic rings. The zero-order chi connectivity index (χ0) is 17.5. The van der Waals surface area contributed by atoms with E-state index in [0.717, 1.165) is 38.2 Å². The third-order valence-corrected chi connectivity index (χ3v) is 4.74. The van der Waals surface area contributed by atoms with Gasteiger partial charge in [-0.25, -0.2) is 0 Å². The Kier molecular flexibility index (Phi) is 5.96. The zero-order valence-corrected chi connectivity index (χ0v) is 14.7. The fourth-order valence-electron chi connectivity index (χ4n) is 3.13. The Labute approximate surface area is 149 Å². The number of nitrogens with zero attached hydrogens (tertiary/aromatic N) is 3. The van der Waals surface area contributed by atoms with E-state index in [4.69, 9.17) is 0 Å². The highest BCUT2D eigenvalue weighted by Crippen LogP contribution is 2.15. The lowest BCUT2D eigenvalue weighted by molar-refractivity contribution is -0.125. The normalized spacial score (nSPS) is 19.1. The van der Waals surface area contributed by atoms with E-state index in [1.54, 1.807) is 18.5 Å². The maximum absolute atomic E-state index is 12.5. The van der Waals surface area contributed by atoms with Gasteiger partial charge in [-0.2, -0.15) is 0 Å². The number of hydrogen-bond donors (Lipinski definition) is 0. The Bertz CT molecular complexity index is 700. The molecule has 4 nitrogen and oxygen atoms in total. The molecule has 0 aliphatic carbocycles. The molecule has 25 heavy (non-hydrogen) atoms. The van der Waals surface area contributed by atoms with E-state index < -0.39 is 0 Å². The molecular weight excluding hydrogens is 310 g/mol. The minimum atomic E-state index is 0.0811. The number of rotatable bonds is 4. The first-order chi connectivity index (χ1) is 12.2. The van der Waals surface area contributed by atoms with E-state index in [-0.39, 0.29) is 5.91 Å². The molecule has 1 saturated heterocycles. The van der Waals surface area contributed by atoms with Crippen LogP contribution in [-0.4, -0.2) is 46.4 Å². The Balaban J connectivity index is 1.58. The first-order valence-corrected chi connectivity index (χ1v) is 8.87. The van der Waals surface area contributed by atoms with Crippen LogP contribution >= 0.6 is 0 Å². The summed E-state index contributed by atoms with van der Waals surface area (Å²) in [5, 5.41) is 0. The molecule has 4 heteroatoms. The van der Waals surface area contributed by atoms with Gasteiger partial charge in [0.1, 0.15) is 0 Å². The monoisotopic (exact) mass is 335 g/mol. The molecule has 3 rings (SSSR count). The van der Waals surface area contributed by atoms with Gasteiger partial charge in [0.15, 0.2) is 0 Å². The molecule has 1 aliphatic heterocycles. The second kappa shape index (κ2) is 8.58. The number of benzene rings is 1. The van der Waals surface area contributed by atoms with E-state index >= 15 is 0 Å². The third-order valence-electron chi connectivity index (χ3n) is 4.74. The van der Waals surface area contributed by atoms with Crippen LogP contribution in [0.25, 0.3) is 6.08 Å². The molecule has 1 fully saturated rings. The smallest absolute Gasteiger partial charge is 0.246 e. The quantitative estimate of drug-likeness (QED) is 0.805. The predicted octanol–water partition coefficient (Wildman–Crippen LogP) is 3.22. The summed E-state index contributed by atoms with van der Waals surface area (Å²) in [5.74, 6) is 0.0811. The van der Waals surface area contributed by atoms with Crippen molar-refractivity contribution in [3.05, 3.63) is 72.1 Å². The van der Waals surface area contributed by atoms with Gasteiger partial charge in [0.05, 0.1) is 0 Å². The highest BCUT2D eigenvalue weighted by molar-refractivity contribution is 5.91. The molecule has 1 unspecified atom stereocenters. The molecule has 0 bridgehead atoms. The second-order valence-electron chi connectivity index (χ2n) is 6.54. The highest BCUT2D eigenvalue weighted by atomic mass is 16.2. The lowest BCUT2D eigenvalue weighted by atomic mass is 10.1. The third kappa shape index (κ3) is 5.00. The van der Waals surface area contributed by atoms with Crippen LogP contribution in [0, 0.1) is 0 Å². The molecule has 0 spiro atoms. The van der Waals surface area contributed by atoms with Crippen LogP contribution in [0.15, 0.2) is 60.9 Å². The number of carbonyl (C=O) groups is 1. The average molecular weight is 335 g/mol. The summed E-state index contributed by atoms with van der Waals surface area (Å²) in [7, 11) is 0. The van der Waals surface area contributed by atoms with E-state index in [2.05, 4.69) is 41.1 Å². The van der Waals surface area contributed by atoms with Crippen LogP contribution in [0.5, 0.6) is 0 Å². The van der Waals surface area contributed by atoms with Crippen LogP contribution < -0.4 is 0 Å². The lowest BCUT2D eigenvalue weighted by Crippen LogP contribution is -2.35. The second-order valence-corrected chi connectivity index (χ2v) is 6.54. The summed E-state index contributed by atoms with van der Waals surface area (Å²) >= 11 is 0. The molecule has 1 aliphatic rings. The molecular formula is C21H25N3O. The van der Waals surface area contributed by atoms with Crippen LogP contribution in [0.2, 0.25) is 0 Å². The van der Waals surface area contributed by atoms with Crippen molar-refractivity contribution in [1.82, 2.24) is 14.8 Å². The Morgan fingerprint density at radius 2 is 2.00 bits per heavy atom. The van der Waals surface area contributed by atoms with Crippen LogP contribution in [0.4, 0.5) is 0 Å². The zero-order valence-electron chi connectivity index (χ0n) is 14.7. The SMILES string of the molecule is CC1CCN(C(=O)C=Cc2cccnc2)CCN1Cc1ccccc1. The summed E-state index contributed by atoms with van der Waals surface area (Å²) in [6.45, 7) is 5.68. The maximum Gasteiger partial charge on any atom is 0.246 e. The summed E-state index contributed by atoms with van der Waals surface area (Å²) < 4.78 is 0. The number of amides is 1. The van der Waals surface area contributed by atoms with Crippen molar-refractivity contribution < 1.29 is 4.79 Å². The fourth-order valence-corrected chi connectivity index (χ4v) is 3.13. The topological polar surface area (TPSA) is 36.4 Å². The maximum atomic E-state index is 12.5. The van der Waals surface area contributed by atoms with E-state index in [1.165, 1.54) is 5.56 Å². The standard InChI is InChI=1S/C21H25N3O/c1-18-11-13-23(21(25)10-9-19-8-5-12-22-16-19)14-15-24(18)17-20-6-3-2-4-7-20/h2-10,12,16,18H,11,13-15,17H2,1H3. The number of pyridine rings is 1. The molecule has 0 radical (unpaired) electrons. The van der Waals surface area contributed by atoms with Gasteiger partial charge in [0.25, 0.3) is 0 Å². The molecule has 0 saturated carbocycles.